The predicted octanol–water partition coefficient (Wildman–Crippen LogP) is 5.90. The molecule has 3 heterocycles. The van der Waals surface area contributed by atoms with E-state index in [9.17, 15) is 4.79 Å². The van der Waals surface area contributed by atoms with Crippen molar-refractivity contribution in [2.24, 2.45) is 16.8 Å². The number of carbonyl (C=O) groups is 1. The highest BCUT2D eigenvalue weighted by Crippen LogP contribution is 2.37. The maximum atomic E-state index is 12.7. The van der Waals surface area contributed by atoms with Gasteiger partial charge in [-0.3, -0.25) is 15.1 Å². The number of esters is 1. The lowest BCUT2D eigenvalue weighted by molar-refractivity contribution is -0.152. The van der Waals surface area contributed by atoms with Crippen LogP contribution < -0.4 is 10.1 Å². The maximum Gasteiger partial charge on any atom is 0.325 e. The zero-order chi connectivity index (χ0) is 30.2. The molecule has 234 valence electrons. The summed E-state index contributed by atoms with van der Waals surface area (Å²) in [4.78, 5) is 20.1. The second kappa shape index (κ2) is 15.2. The first kappa shape index (κ1) is 31.5. The van der Waals surface area contributed by atoms with E-state index in [0.717, 1.165) is 88.1 Å². The summed E-state index contributed by atoms with van der Waals surface area (Å²) in [6, 6.07) is 5.73. The fourth-order valence-corrected chi connectivity index (χ4v) is 6.65. The van der Waals surface area contributed by atoms with E-state index in [4.69, 9.17) is 23.9 Å². The Morgan fingerprint density at radius 2 is 1.98 bits per heavy atom. The first-order chi connectivity index (χ1) is 20.9. The molecule has 0 radical (unpaired) electrons. The molecule has 5 rings (SSSR count). The van der Waals surface area contributed by atoms with Crippen molar-refractivity contribution >= 4 is 17.4 Å². The van der Waals surface area contributed by atoms with Crippen molar-refractivity contribution in [3.05, 3.63) is 59.5 Å². The summed E-state index contributed by atoms with van der Waals surface area (Å²) in [6.45, 7) is 9.28. The monoisotopic (exact) mass is 591 g/mol. The number of hydrogen-bond donors (Lipinski definition) is 1. The summed E-state index contributed by atoms with van der Waals surface area (Å²) in [5, 5.41) is 3.26. The zero-order valence-electron chi connectivity index (χ0n) is 26.2. The van der Waals surface area contributed by atoms with E-state index < -0.39 is 6.04 Å². The van der Waals surface area contributed by atoms with Crippen molar-refractivity contribution < 1.29 is 23.7 Å². The molecule has 4 aliphatic rings. The van der Waals surface area contributed by atoms with Crippen LogP contribution in [0.3, 0.4) is 0 Å². The third-order valence-corrected chi connectivity index (χ3v) is 9.25. The molecule has 2 fully saturated rings. The van der Waals surface area contributed by atoms with Gasteiger partial charge in [0.25, 0.3) is 0 Å². The van der Waals surface area contributed by atoms with Crippen LogP contribution in [-0.2, 0) is 25.4 Å². The largest absolute Gasteiger partial charge is 0.492 e. The van der Waals surface area contributed by atoms with Gasteiger partial charge in [0.05, 0.1) is 18.0 Å². The van der Waals surface area contributed by atoms with Crippen molar-refractivity contribution in [2.75, 3.05) is 47.1 Å². The van der Waals surface area contributed by atoms with Crippen molar-refractivity contribution in [3.63, 3.8) is 0 Å². The molecule has 3 aliphatic heterocycles. The van der Waals surface area contributed by atoms with Gasteiger partial charge < -0.3 is 23.8 Å². The Hall–Kier alpha value is -2.94. The molecule has 8 heteroatoms. The Bertz CT molecular complexity index is 1230. The van der Waals surface area contributed by atoms with Crippen molar-refractivity contribution in [3.8, 4) is 5.75 Å². The van der Waals surface area contributed by atoms with E-state index in [1.807, 2.05) is 6.07 Å². The number of hydrogen-bond acceptors (Lipinski definition) is 8. The smallest absolute Gasteiger partial charge is 0.325 e. The van der Waals surface area contributed by atoms with Gasteiger partial charge in [0.1, 0.15) is 24.5 Å². The number of nitrogens with zero attached hydrogens (tertiary/aromatic N) is 2. The fourth-order valence-electron chi connectivity index (χ4n) is 6.65. The molecule has 0 amide bonds. The van der Waals surface area contributed by atoms with Crippen LogP contribution in [0.25, 0.3) is 0 Å². The Balaban J connectivity index is 1.24. The second-order valence-corrected chi connectivity index (χ2v) is 12.4. The molecule has 1 aliphatic carbocycles. The van der Waals surface area contributed by atoms with Crippen LogP contribution in [0.5, 0.6) is 5.75 Å². The highest BCUT2D eigenvalue weighted by atomic mass is 16.5. The van der Waals surface area contributed by atoms with Gasteiger partial charge in [-0.15, -0.1) is 0 Å². The lowest BCUT2D eigenvalue weighted by Gasteiger charge is -2.30. The molecule has 1 unspecified atom stereocenters. The lowest BCUT2D eigenvalue weighted by atomic mass is 9.81. The van der Waals surface area contributed by atoms with Gasteiger partial charge >= 0.3 is 5.97 Å². The summed E-state index contributed by atoms with van der Waals surface area (Å²) in [6.07, 6.45) is 14.0. The van der Waals surface area contributed by atoms with Crippen LogP contribution in [0.2, 0.25) is 0 Å². The van der Waals surface area contributed by atoms with E-state index in [-0.39, 0.29) is 18.7 Å². The van der Waals surface area contributed by atoms with Gasteiger partial charge in [-0.2, -0.15) is 0 Å². The van der Waals surface area contributed by atoms with Crippen LogP contribution in [0.1, 0.15) is 63.9 Å². The Morgan fingerprint density at radius 1 is 1.19 bits per heavy atom. The van der Waals surface area contributed by atoms with Crippen LogP contribution in [0, 0.1) is 11.8 Å². The third-order valence-electron chi connectivity index (χ3n) is 9.25. The molecular weight excluding hydrogens is 542 g/mol. The van der Waals surface area contributed by atoms with E-state index in [2.05, 4.69) is 55.2 Å². The summed E-state index contributed by atoms with van der Waals surface area (Å²) < 4.78 is 22.7. The Labute approximate surface area is 257 Å². The van der Waals surface area contributed by atoms with E-state index in [1.165, 1.54) is 22.4 Å². The number of nitrogens with one attached hydrogen (secondary N) is 1. The number of allylic oxidation sites excluding steroid dienone is 3. The van der Waals surface area contributed by atoms with Gasteiger partial charge in [0, 0.05) is 57.3 Å². The van der Waals surface area contributed by atoms with Gasteiger partial charge in [0.15, 0.2) is 0 Å². The maximum absolute atomic E-state index is 12.7. The molecule has 43 heavy (non-hydrogen) atoms. The quantitative estimate of drug-likeness (QED) is 0.240. The molecule has 2 atom stereocenters. The van der Waals surface area contributed by atoms with Crippen molar-refractivity contribution in [2.45, 2.75) is 76.9 Å². The molecule has 0 bridgehead atoms. The minimum atomic E-state index is -0.496. The minimum Gasteiger partial charge on any atom is -0.492 e. The van der Waals surface area contributed by atoms with E-state index in [1.54, 1.807) is 7.11 Å². The van der Waals surface area contributed by atoms with Gasteiger partial charge in [-0.1, -0.05) is 6.58 Å². The van der Waals surface area contributed by atoms with Crippen LogP contribution in [0.15, 0.2) is 58.9 Å². The molecule has 1 aromatic rings. The number of rotatable bonds is 12. The SMILES string of the molecule is C=C1C(C)=CC(C2=Nc3ccc(OCCN[C@@H](COC)C(=O)OC4CCCC4)cc3CCC2CC2CCOCC2)=CN1C. The fraction of sp³-hybridized carbons (Fsp3) is 0.600. The Morgan fingerprint density at radius 3 is 2.72 bits per heavy atom. The van der Waals surface area contributed by atoms with Crippen molar-refractivity contribution in [1.82, 2.24) is 10.2 Å². The predicted molar refractivity (Wildman–Crippen MR) is 170 cm³/mol. The van der Waals surface area contributed by atoms with E-state index in [0.29, 0.717) is 25.0 Å². The van der Waals surface area contributed by atoms with Crippen LogP contribution >= 0.6 is 0 Å². The van der Waals surface area contributed by atoms with Crippen molar-refractivity contribution in [1.29, 1.82) is 0 Å². The average Bonchev–Trinajstić information content (AvgIpc) is 3.45. The number of ether oxygens (including phenoxy) is 4. The molecule has 1 aromatic carbocycles. The number of likely N-dealkylation sites (N-methyl/N-ethyl adjacent to an activating group) is 1. The topological polar surface area (TPSA) is 81.6 Å². The minimum absolute atomic E-state index is 0.0405. The standard InChI is InChI=1S/C35H49N3O5/c1-24-19-29(22-38(3)25(24)2)34-28(20-26-13-16-41-17-14-26)10-9-27-21-31(11-12-32(27)37-34)42-18-15-36-33(23-40-4)35(39)43-30-7-5-6-8-30/h11-12,19,21-22,26,28,30,33,36H,2,5-10,13-18,20,23H2,1,3-4H3/t28?,33-/m0/s1. The number of carbonyl (C=O) groups excluding carboxylic acids is 1. The highest BCUT2D eigenvalue weighted by molar-refractivity contribution is 6.06. The van der Waals surface area contributed by atoms with Gasteiger partial charge in [-0.25, -0.2) is 0 Å². The number of aryl methyl sites for hydroxylation is 1. The van der Waals surface area contributed by atoms with Crippen LogP contribution in [-0.4, -0.2) is 75.9 Å². The summed E-state index contributed by atoms with van der Waals surface area (Å²) in [5.74, 6) is 1.62. The summed E-state index contributed by atoms with van der Waals surface area (Å²) >= 11 is 0. The summed E-state index contributed by atoms with van der Waals surface area (Å²) in [7, 11) is 3.66. The number of fused-ring (bicyclic) bond motifs is 1. The van der Waals surface area contributed by atoms with E-state index >= 15 is 0 Å². The molecule has 8 nitrogen and oxygen atoms in total. The molecule has 0 aromatic heterocycles. The van der Waals surface area contributed by atoms with Gasteiger partial charge in [0.2, 0.25) is 0 Å². The number of benzene rings is 1. The molecule has 0 spiro atoms. The molecule has 1 N–H and O–H groups in total. The molecule has 1 saturated carbocycles. The highest BCUT2D eigenvalue weighted by Gasteiger charge is 2.29. The lowest BCUT2D eigenvalue weighted by Crippen LogP contribution is -2.44. The first-order valence-corrected chi connectivity index (χ1v) is 16.1. The zero-order valence-corrected chi connectivity index (χ0v) is 26.2. The van der Waals surface area contributed by atoms with Crippen LogP contribution in [0.4, 0.5) is 5.69 Å². The Kier molecular flexibility index (Phi) is 11.1. The molecular formula is C35H49N3O5. The first-order valence-electron chi connectivity index (χ1n) is 16.1. The molecule has 1 saturated heterocycles. The average molecular weight is 592 g/mol. The summed E-state index contributed by atoms with van der Waals surface area (Å²) in [5.41, 5.74) is 6.79. The second-order valence-electron chi connectivity index (χ2n) is 12.4. The third kappa shape index (κ3) is 8.37. The number of methoxy groups -OCH3 is 1. The van der Waals surface area contributed by atoms with Gasteiger partial charge in [-0.05, 0) is 106 Å². The normalized spacial score (nSPS) is 22.3. The number of aliphatic imine (C=N–C) groups is 1.